The predicted molar refractivity (Wildman–Crippen MR) is 91.7 cm³/mol. The van der Waals surface area contributed by atoms with Crippen LogP contribution in [0.1, 0.15) is 5.56 Å². The summed E-state index contributed by atoms with van der Waals surface area (Å²) < 4.78 is 10.9. The van der Waals surface area contributed by atoms with E-state index in [0.717, 1.165) is 5.56 Å². The van der Waals surface area contributed by atoms with Crippen LogP contribution in [0.3, 0.4) is 0 Å². The normalized spacial score (nSPS) is 10.2. The standard InChI is InChI=1S/C14H16N4O4S2/c1-21-9-4-3-8(5-10(9)22-2)6-12(20)16-13-17-18-14(24-13)23-7-11(15)19/h3-5H,6-7H2,1-2H3,(H2,15,19)(H,16,17,20). The monoisotopic (exact) mass is 368 g/mol. The first-order chi connectivity index (χ1) is 11.5. The van der Waals surface area contributed by atoms with Gasteiger partial charge in [0.1, 0.15) is 0 Å². The van der Waals surface area contributed by atoms with E-state index in [-0.39, 0.29) is 18.1 Å². The molecule has 0 spiro atoms. The average molecular weight is 368 g/mol. The largest absolute Gasteiger partial charge is 0.493 e. The number of hydrogen-bond donors (Lipinski definition) is 2. The molecule has 0 unspecified atom stereocenters. The van der Waals surface area contributed by atoms with Crippen LogP contribution >= 0.6 is 23.1 Å². The fraction of sp³-hybridized carbons (Fsp3) is 0.286. The van der Waals surface area contributed by atoms with E-state index in [0.29, 0.717) is 21.0 Å². The summed E-state index contributed by atoms with van der Waals surface area (Å²) in [5.74, 6) is 0.610. The summed E-state index contributed by atoms with van der Waals surface area (Å²) in [5.41, 5.74) is 5.84. The zero-order chi connectivity index (χ0) is 17.5. The molecule has 1 aromatic carbocycles. The van der Waals surface area contributed by atoms with Crippen molar-refractivity contribution in [3.8, 4) is 11.5 Å². The number of rotatable bonds is 8. The molecule has 24 heavy (non-hydrogen) atoms. The molecule has 0 fully saturated rings. The summed E-state index contributed by atoms with van der Waals surface area (Å²) in [6.45, 7) is 0. The van der Waals surface area contributed by atoms with Gasteiger partial charge in [-0.1, -0.05) is 29.2 Å². The fourth-order valence-electron chi connectivity index (χ4n) is 1.79. The number of benzene rings is 1. The second kappa shape index (κ2) is 8.50. The van der Waals surface area contributed by atoms with Gasteiger partial charge in [-0.05, 0) is 17.7 Å². The maximum Gasteiger partial charge on any atom is 0.230 e. The summed E-state index contributed by atoms with van der Waals surface area (Å²) in [6, 6.07) is 5.27. The van der Waals surface area contributed by atoms with Gasteiger partial charge < -0.3 is 20.5 Å². The highest BCUT2D eigenvalue weighted by atomic mass is 32.2. The first-order valence-corrected chi connectivity index (χ1v) is 8.57. The highest BCUT2D eigenvalue weighted by molar-refractivity contribution is 8.01. The van der Waals surface area contributed by atoms with Gasteiger partial charge in [0, 0.05) is 0 Å². The molecule has 0 aliphatic heterocycles. The van der Waals surface area contributed by atoms with Crippen molar-refractivity contribution in [1.82, 2.24) is 10.2 Å². The molecule has 0 aliphatic carbocycles. The van der Waals surface area contributed by atoms with Crippen molar-refractivity contribution in [2.24, 2.45) is 5.73 Å². The third-order valence-electron chi connectivity index (χ3n) is 2.80. The van der Waals surface area contributed by atoms with E-state index < -0.39 is 5.91 Å². The van der Waals surface area contributed by atoms with Crippen LogP contribution in [-0.4, -0.2) is 42.0 Å². The number of nitrogens with zero attached hydrogens (tertiary/aromatic N) is 2. The van der Waals surface area contributed by atoms with Gasteiger partial charge >= 0.3 is 0 Å². The Morgan fingerprint density at radius 3 is 2.67 bits per heavy atom. The lowest BCUT2D eigenvalue weighted by molar-refractivity contribution is -0.116. The smallest absolute Gasteiger partial charge is 0.230 e. The number of carbonyl (C=O) groups is 2. The van der Waals surface area contributed by atoms with Crippen molar-refractivity contribution in [1.29, 1.82) is 0 Å². The second-order valence-electron chi connectivity index (χ2n) is 4.54. The topological polar surface area (TPSA) is 116 Å². The molecule has 0 saturated carbocycles. The zero-order valence-electron chi connectivity index (χ0n) is 13.1. The maximum absolute atomic E-state index is 12.1. The summed E-state index contributed by atoms with van der Waals surface area (Å²) in [7, 11) is 3.09. The highest BCUT2D eigenvalue weighted by Crippen LogP contribution is 2.28. The summed E-state index contributed by atoms with van der Waals surface area (Å²) in [6.07, 6.45) is 0.156. The third-order valence-corrected chi connectivity index (χ3v) is 4.80. The van der Waals surface area contributed by atoms with Crippen LogP contribution in [0.15, 0.2) is 22.5 Å². The maximum atomic E-state index is 12.1. The quantitative estimate of drug-likeness (QED) is 0.533. The van der Waals surface area contributed by atoms with E-state index in [2.05, 4.69) is 15.5 Å². The molecular formula is C14H16N4O4S2. The van der Waals surface area contributed by atoms with Crippen molar-refractivity contribution in [2.45, 2.75) is 10.8 Å². The van der Waals surface area contributed by atoms with Gasteiger partial charge in [-0.3, -0.25) is 9.59 Å². The Bertz CT molecular complexity index is 735. The Balaban J connectivity index is 1.94. The van der Waals surface area contributed by atoms with E-state index in [9.17, 15) is 9.59 Å². The van der Waals surface area contributed by atoms with E-state index in [1.807, 2.05) is 0 Å². The van der Waals surface area contributed by atoms with Crippen molar-refractivity contribution in [2.75, 3.05) is 25.3 Å². The first kappa shape index (κ1) is 18.0. The Labute approximate surface area is 146 Å². The van der Waals surface area contributed by atoms with Gasteiger partial charge in [-0.2, -0.15) is 0 Å². The van der Waals surface area contributed by atoms with Crippen LogP contribution in [0, 0.1) is 0 Å². The van der Waals surface area contributed by atoms with Crippen molar-refractivity contribution in [3.05, 3.63) is 23.8 Å². The number of amides is 2. The van der Waals surface area contributed by atoms with E-state index in [4.69, 9.17) is 15.2 Å². The minimum atomic E-state index is -0.436. The van der Waals surface area contributed by atoms with Gasteiger partial charge in [0.05, 0.1) is 26.4 Å². The van der Waals surface area contributed by atoms with E-state index in [1.165, 1.54) is 30.2 Å². The average Bonchev–Trinajstić information content (AvgIpc) is 3.00. The summed E-state index contributed by atoms with van der Waals surface area (Å²) in [4.78, 5) is 22.8. The Kier molecular flexibility index (Phi) is 6.38. The number of anilines is 1. The van der Waals surface area contributed by atoms with Crippen LogP contribution in [0.5, 0.6) is 11.5 Å². The molecule has 8 nitrogen and oxygen atoms in total. The van der Waals surface area contributed by atoms with Gasteiger partial charge in [-0.25, -0.2) is 0 Å². The molecular weight excluding hydrogens is 352 g/mol. The van der Waals surface area contributed by atoms with E-state index in [1.54, 1.807) is 25.3 Å². The number of methoxy groups -OCH3 is 2. The number of carbonyl (C=O) groups excluding carboxylic acids is 2. The summed E-state index contributed by atoms with van der Waals surface area (Å²) in [5, 5.41) is 10.8. The third kappa shape index (κ3) is 5.10. The summed E-state index contributed by atoms with van der Waals surface area (Å²) >= 11 is 2.36. The van der Waals surface area contributed by atoms with Crippen LogP contribution < -0.4 is 20.5 Å². The molecule has 2 amide bonds. The van der Waals surface area contributed by atoms with Crippen LogP contribution in [-0.2, 0) is 16.0 Å². The molecule has 2 rings (SSSR count). The molecule has 0 atom stereocenters. The van der Waals surface area contributed by atoms with Crippen LogP contribution in [0.2, 0.25) is 0 Å². The lowest BCUT2D eigenvalue weighted by Crippen LogP contribution is -2.14. The molecule has 0 radical (unpaired) electrons. The molecule has 1 aromatic heterocycles. The number of primary amides is 1. The van der Waals surface area contributed by atoms with Gasteiger partial charge in [0.25, 0.3) is 0 Å². The van der Waals surface area contributed by atoms with Gasteiger partial charge in [-0.15, -0.1) is 10.2 Å². The molecule has 10 heteroatoms. The minimum absolute atomic E-state index is 0.119. The number of nitrogens with two attached hydrogens (primary N) is 1. The Morgan fingerprint density at radius 2 is 2.00 bits per heavy atom. The Hall–Kier alpha value is -2.33. The van der Waals surface area contributed by atoms with Crippen molar-refractivity contribution >= 4 is 40.0 Å². The number of nitrogens with one attached hydrogen (secondary N) is 1. The van der Waals surface area contributed by atoms with Crippen LogP contribution in [0.4, 0.5) is 5.13 Å². The van der Waals surface area contributed by atoms with Crippen LogP contribution in [0.25, 0.3) is 0 Å². The van der Waals surface area contributed by atoms with Gasteiger partial charge in [0.15, 0.2) is 15.8 Å². The molecule has 1 heterocycles. The van der Waals surface area contributed by atoms with E-state index >= 15 is 0 Å². The molecule has 3 N–H and O–H groups in total. The minimum Gasteiger partial charge on any atom is -0.493 e. The molecule has 0 saturated heterocycles. The molecule has 0 aliphatic rings. The number of ether oxygens (including phenoxy) is 2. The lowest BCUT2D eigenvalue weighted by atomic mass is 10.1. The predicted octanol–water partition coefficient (Wildman–Crippen LogP) is 1.31. The van der Waals surface area contributed by atoms with Crippen molar-refractivity contribution in [3.63, 3.8) is 0 Å². The highest BCUT2D eigenvalue weighted by Gasteiger charge is 2.12. The molecule has 128 valence electrons. The number of aromatic nitrogens is 2. The molecule has 2 aromatic rings. The zero-order valence-corrected chi connectivity index (χ0v) is 14.7. The SMILES string of the molecule is COc1ccc(CC(=O)Nc2nnc(SCC(N)=O)s2)cc1OC. The Morgan fingerprint density at radius 1 is 1.25 bits per heavy atom. The van der Waals surface area contributed by atoms with Gasteiger partial charge in [0.2, 0.25) is 16.9 Å². The van der Waals surface area contributed by atoms with Crippen molar-refractivity contribution < 1.29 is 19.1 Å². The fourth-order valence-corrected chi connectivity index (χ4v) is 3.30. The second-order valence-corrected chi connectivity index (χ2v) is 6.74. The number of thioether (sulfide) groups is 1. The lowest BCUT2D eigenvalue weighted by Gasteiger charge is -2.09. The first-order valence-electron chi connectivity index (χ1n) is 6.77. The number of hydrogen-bond acceptors (Lipinski definition) is 8. The molecule has 0 bridgehead atoms.